The average Bonchev–Trinajstić information content (AvgIpc) is 2.03. The van der Waals surface area contributed by atoms with Crippen molar-refractivity contribution in [1.29, 1.82) is 0 Å². The number of nitrogens with zero attached hydrogens (tertiary/aromatic N) is 1. The average molecular weight is 207 g/mol. The quantitative estimate of drug-likeness (QED) is 0.686. The molecule has 0 unspecified atom stereocenters. The molecular weight excluding hydrogens is 188 g/mol. The van der Waals surface area contributed by atoms with E-state index in [1.165, 1.54) is 0 Å². The Morgan fingerprint density at radius 3 is 2.07 bits per heavy atom. The van der Waals surface area contributed by atoms with Gasteiger partial charge in [-0.1, -0.05) is 20.8 Å². The predicted molar refractivity (Wildman–Crippen MR) is 51.7 cm³/mol. The molecule has 0 aromatic rings. The van der Waals surface area contributed by atoms with E-state index in [-0.39, 0.29) is 6.54 Å². The number of morpholine rings is 1. The van der Waals surface area contributed by atoms with Crippen molar-refractivity contribution in [1.82, 2.24) is 4.90 Å². The second kappa shape index (κ2) is 4.11. The summed E-state index contributed by atoms with van der Waals surface area (Å²) in [7, 11) is 0. The Morgan fingerprint density at radius 2 is 1.64 bits per heavy atom. The molecule has 0 radical (unpaired) electrons. The first-order valence-electron chi connectivity index (χ1n) is 5.01. The van der Waals surface area contributed by atoms with Gasteiger partial charge in [0.05, 0.1) is 19.8 Å². The van der Waals surface area contributed by atoms with Crippen LogP contribution in [0.4, 0.5) is 8.78 Å². The number of hydrogen-bond acceptors (Lipinski definition) is 2. The molecule has 14 heavy (non-hydrogen) atoms. The summed E-state index contributed by atoms with van der Waals surface area (Å²) in [6, 6.07) is 0. The first-order chi connectivity index (χ1) is 6.33. The fraction of sp³-hybridized carbons (Fsp3) is 1.00. The maximum atomic E-state index is 13.6. The van der Waals surface area contributed by atoms with E-state index in [9.17, 15) is 8.78 Å². The third kappa shape index (κ3) is 2.89. The van der Waals surface area contributed by atoms with Crippen molar-refractivity contribution in [3.8, 4) is 0 Å². The Balaban J connectivity index is 2.49. The number of halogens is 2. The first-order valence-corrected chi connectivity index (χ1v) is 5.01. The number of alkyl halides is 2. The van der Waals surface area contributed by atoms with E-state index in [4.69, 9.17) is 4.74 Å². The van der Waals surface area contributed by atoms with E-state index < -0.39 is 11.3 Å². The van der Waals surface area contributed by atoms with Crippen molar-refractivity contribution in [3.63, 3.8) is 0 Å². The lowest BCUT2D eigenvalue weighted by Gasteiger charge is -2.36. The van der Waals surface area contributed by atoms with E-state index in [0.717, 1.165) is 0 Å². The Hall–Kier alpha value is -0.220. The van der Waals surface area contributed by atoms with E-state index in [1.807, 2.05) is 0 Å². The van der Waals surface area contributed by atoms with E-state index in [2.05, 4.69) is 0 Å². The summed E-state index contributed by atoms with van der Waals surface area (Å²) in [6.07, 6.45) is 0. The zero-order chi connectivity index (χ0) is 10.8. The third-order valence-electron chi connectivity index (χ3n) is 2.62. The van der Waals surface area contributed by atoms with Crippen molar-refractivity contribution >= 4 is 0 Å². The molecule has 0 aromatic carbocycles. The van der Waals surface area contributed by atoms with Gasteiger partial charge in [0.15, 0.2) is 0 Å². The minimum Gasteiger partial charge on any atom is -0.379 e. The second-order valence-electron chi connectivity index (χ2n) is 4.84. The molecule has 4 heteroatoms. The van der Waals surface area contributed by atoms with Gasteiger partial charge < -0.3 is 4.74 Å². The number of hydrogen-bond donors (Lipinski definition) is 0. The van der Waals surface area contributed by atoms with E-state index in [1.54, 1.807) is 25.7 Å². The zero-order valence-corrected chi connectivity index (χ0v) is 9.15. The monoisotopic (exact) mass is 207 g/mol. The van der Waals surface area contributed by atoms with Crippen LogP contribution in [0.2, 0.25) is 0 Å². The lowest BCUT2D eigenvalue weighted by atomic mass is 9.87. The highest BCUT2D eigenvalue weighted by atomic mass is 19.3. The van der Waals surface area contributed by atoms with Gasteiger partial charge in [-0.15, -0.1) is 0 Å². The van der Waals surface area contributed by atoms with Crippen LogP contribution in [0.15, 0.2) is 0 Å². The van der Waals surface area contributed by atoms with Gasteiger partial charge in [0.2, 0.25) is 0 Å². The lowest BCUT2D eigenvalue weighted by molar-refractivity contribution is -0.125. The topological polar surface area (TPSA) is 12.5 Å². The molecule has 1 saturated heterocycles. The van der Waals surface area contributed by atoms with Crippen LogP contribution in [0, 0.1) is 5.41 Å². The summed E-state index contributed by atoms with van der Waals surface area (Å²) in [6.45, 7) is 6.95. The van der Waals surface area contributed by atoms with Gasteiger partial charge in [0.25, 0.3) is 5.92 Å². The SMILES string of the molecule is CC(C)(C)C(F)(F)CN1CCOCC1. The highest BCUT2D eigenvalue weighted by molar-refractivity contribution is 4.85. The van der Waals surface area contributed by atoms with Gasteiger partial charge in [-0.2, -0.15) is 0 Å². The summed E-state index contributed by atoms with van der Waals surface area (Å²) >= 11 is 0. The van der Waals surface area contributed by atoms with Crippen LogP contribution in [-0.2, 0) is 4.74 Å². The molecule has 0 saturated carbocycles. The van der Waals surface area contributed by atoms with Crippen LogP contribution in [-0.4, -0.2) is 43.7 Å². The molecule has 0 spiro atoms. The molecule has 0 aromatic heterocycles. The molecule has 0 atom stereocenters. The molecule has 0 N–H and O–H groups in total. The summed E-state index contributed by atoms with van der Waals surface area (Å²) in [5.41, 5.74) is -0.967. The molecule has 0 amide bonds. The fourth-order valence-electron chi connectivity index (χ4n) is 1.28. The molecule has 1 fully saturated rings. The standard InChI is InChI=1S/C10H19F2NO/c1-9(2,3)10(11,12)8-13-4-6-14-7-5-13/h4-8H2,1-3H3. The van der Waals surface area contributed by atoms with Gasteiger partial charge in [-0.25, -0.2) is 8.78 Å². The van der Waals surface area contributed by atoms with Crippen LogP contribution in [0.5, 0.6) is 0 Å². The highest BCUT2D eigenvalue weighted by Gasteiger charge is 2.44. The molecule has 1 rings (SSSR count). The fourth-order valence-corrected chi connectivity index (χ4v) is 1.28. The zero-order valence-electron chi connectivity index (χ0n) is 9.15. The van der Waals surface area contributed by atoms with Crippen LogP contribution >= 0.6 is 0 Å². The molecule has 1 heterocycles. The maximum Gasteiger partial charge on any atom is 0.265 e. The minimum atomic E-state index is -2.63. The smallest absolute Gasteiger partial charge is 0.265 e. The van der Waals surface area contributed by atoms with Gasteiger partial charge in [-0.05, 0) is 0 Å². The Labute approximate surface area is 84.2 Å². The summed E-state index contributed by atoms with van der Waals surface area (Å²) in [5.74, 6) is -2.63. The summed E-state index contributed by atoms with van der Waals surface area (Å²) < 4.78 is 32.4. The van der Waals surface area contributed by atoms with Crippen LogP contribution in [0.25, 0.3) is 0 Å². The van der Waals surface area contributed by atoms with Crippen molar-refractivity contribution in [2.24, 2.45) is 5.41 Å². The van der Waals surface area contributed by atoms with Crippen molar-refractivity contribution in [2.45, 2.75) is 26.7 Å². The molecular formula is C10H19F2NO. The van der Waals surface area contributed by atoms with Crippen LogP contribution in [0.1, 0.15) is 20.8 Å². The predicted octanol–water partition coefficient (Wildman–Crippen LogP) is 2.00. The number of ether oxygens (including phenoxy) is 1. The Bertz CT molecular complexity index is 183. The first kappa shape index (κ1) is 11.9. The van der Waals surface area contributed by atoms with Gasteiger partial charge in [-0.3, -0.25) is 4.90 Å². The van der Waals surface area contributed by atoms with Gasteiger partial charge in [0, 0.05) is 18.5 Å². The van der Waals surface area contributed by atoms with Gasteiger partial charge >= 0.3 is 0 Å². The summed E-state index contributed by atoms with van der Waals surface area (Å²) in [5, 5.41) is 0. The Kier molecular flexibility index (Phi) is 3.48. The third-order valence-corrected chi connectivity index (χ3v) is 2.62. The molecule has 2 nitrogen and oxygen atoms in total. The van der Waals surface area contributed by atoms with Crippen LogP contribution < -0.4 is 0 Å². The van der Waals surface area contributed by atoms with Crippen molar-refractivity contribution in [2.75, 3.05) is 32.8 Å². The Morgan fingerprint density at radius 1 is 1.14 bits per heavy atom. The molecule has 0 bridgehead atoms. The second-order valence-corrected chi connectivity index (χ2v) is 4.84. The summed E-state index contributed by atoms with van der Waals surface area (Å²) in [4.78, 5) is 1.77. The lowest BCUT2D eigenvalue weighted by Crippen LogP contribution is -2.48. The molecule has 0 aliphatic carbocycles. The maximum absolute atomic E-state index is 13.6. The molecule has 84 valence electrons. The van der Waals surface area contributed by atoms with Crippen LogP contribution in [0.3, 0.4) is 0 Å². The van der Waals surface area contributed by atoms with E-state index in [0.29, 0.717) is 26.3 Å². The van der Waals surface area contributed by atoms with Crippen molar-refractivity contribution < 1.29 is 13.5 Å². The molecule has 1 aliphatic rings. The normalized spacial score (nSPS) is 21.2. The van der Waals surface area contributed by atoms with Crippen molar-refractivity contribution in [3.05, 3.63) is 0 Å². The van der Waals surface area contributed by atoms with Gasteiger partial charge in [0.1, 0.15) is 0 Å². The highest BCUT2D eigenvalue weighted by Crippen LogP contribution is 2.36. The largest absolute Gasteiger partial charge is 0.379 e. The minimum absolute atomic E-state index is 0.153. The molecule has 1 aliphatic heterocycles. The van der Waals surface area contributed by atoms with E-state index >= 15 is 0 Å². The number of rotatable bonds is 2.